The first-order chi connectivity index (χ1) is 14.1. The summed E-state index contributed by atoms with van der Waals surface area (Å²) >= 11 is 0. The maximum atomic E-state index is 2.50. The van der Waals surface area contributed by atoms with E-state index in [4.69, 9.17) is 0 Å². The van der Waals surface area contributed by atoms with E-state index in [0.717, 1.165) is 19.6 Å². The van der Waals surface area contributed by atoms with Crippen LogP contribution in [0.25, 0.3) is 0 Å². The Bertz CT molecular complexity index is 435. The molecular formula is C26H51N3. The molecule has 3 heteroatoms. The molecule has 0 aromatic heterocycles. The molecule has 0 radical (unpaired) electrons. The van der Waals surface area contributed by atoms with E-state index < -0.39 is 0 Å². The Morgan fingerprint density at radius 1 is 0.655 bits per heavy atom. The van der Waals surface area contributed by atoms with Gasteiger partial charge in [0.2, 0.25) is 0 Å². The van der Waals surface area contributed by atoms with Crippen molar-refractivity contribution in [1.82, 2.24) is 14.7 Å². The van der Waals surface area contributed by atoms with Gasteiger partial charge in [0.25, 0.3) is 0 Å². The van der Waals surface area contributed by atoms with Crippen LogP contribution in [0.15, 0.2) is 48.7 Å². The predicted molar refractivity (Wildman–Crippen MR) is 135 cm³/mol. The summed E-state index contributed by atoms with van der Waals surface area (Å²) in [5.74, 6) is 0. The third-order valence-electron chi connectivity index (χ3n) is 4.55. The minimum absolute atomic E-state index is 0.711. The number of rotatable bonds is 1. The molecule has 0 saturated heterocycles. The van der Waals surface area contributed by atoms with Crippen molar-refractivity contribution < 1.29 is 0 Å². The van der Waals surface area contributed by atoms with Gasteiger partial charge in [-0.1, -0.05) is 64.2 Å². The molecule has 0 N–H and O–H groups in total. The molecule has 29 heavy (non-hydrogen) atoms. The molecule has 0 atom stereocenters. The van der Waals surface area contributed by atoms with Crippen LogP contribution in [0.3, 0.4) is 0 Å². The Labute approximate surface area is 183 Å². The lowest BCUT2D eigenvalue weighted by Crippen LogP contribution is -2.31. The van der Waals surface area contributed by atoms with Gasteiger partial charge in [-0.05, 0) is 65.4 Å². The van der Waals surface area contributed by atoms with Crippen LogP contribution in [-0.4, -0.2) is 67.6 Å². The lowest BCUT2D eigenvalue weighted by molar-refractivity contribution is 0.248. The van der Waals surface area contributed by atoms with Gasteiger partial charge in [0, 0.05) is 39.3 Å². The van der Waals surface area contributed by atoms with Gasteiger partial charge in [0.1, 0.15) is 0 Å². The highest BCUT2D eigenvalue weighted by Gasteiger charge is 2.07. The SMILES string of the molecule is CC.CC.CC(C)N1CC=CCCC1.CN1C=CC=CCC1.CN1CC=CCC1. The summed E-state index contributed by atoms with van der Waals surface area (Å²) in [6.07, 6.45) is 22.4. The summed E-state index contributed by atoms with van der Waals surface area (Å²) in [5, 5.41) is 0. The molecule has 0 unspecified atom stereocenters. The van der Waals surface area contributed by atoms with E-state index in [2.05, 4.69) is 91.4 Å². The Hall–Kier alpha value is -1.32. The predicted octanol–water partition coefficient (Wildman–Crippen LogP) is 6.37. The average Bonchev–Trinajstić information content (AvgIpc) is 3.17. The van der Waals surface area contributed by atoms with Crippen molar-refractivity contribution in [3.63, 3.8) is 0 Å². The van der Waals surface area contributed by atoms with Crippen LogP contribution in [-0.2, 0) is 0 Å². The van der Waals surface area contributed by atoms with Crippen LogP contribution >= 0.6 is 0 Å². The zero-order valence-electron chi connectivity index (χ0n) is 20.9. The van der Waals surface area contributed by atoms with Crippen molar-refractivity contribution in [1.29, 1.82) is 0 Å². The standard InChI is InChI=1S/C9H17N.C7H11N.C6H11N.2C2H6/c1-9(2)10-7-5-3-4-6-8-10;1-8-6-4-2-3-5-7-8;1-7-5-3-2-4-6-7;2*1-2/h3,5,9H,4,6-8H2,1-2H3;2-4,6H,5,7H2,1H3;2-3H,4-6H2,1H3;2*1-2H3. The zero-order chi connectivity index (χ0) is 22.3. The second kappa shape index (κ2) is 23.0. The van der Waals surface area contributed by atoms with Gasteiger partial charge in [0.05, 0.1) is 0 Å². The van der Waals surface area contributed by atoms with E-state index in [0.29, 0.717) is 6.04 Å². The Morgan fingerprint density at radius 3 is 1.83 bits per heavy atom. The molecule has 3 nitrogen and oxygen atoms in total. The highest BCUT2D eigenvalue weighted by molar-refractivity contribution is 5.04. The summed E-state index contributed by atoms with van der Waals surface area (Å²) in [7, 11) is 4.23. The maximum Gasteiger partial charge on any atom is 0.0203 e. The second-order valence-electron chi connectivity index (χ2n) is 7.26. The fraction of sp³-hybridized carbons (Fsp3) is 0.692. The molecule has 0 aromatic rings. The summed E-state index contributed by atoms with van der Waals surface area (Å²) in [4.78, 5) is 6.99. The third kappa shape index (κ3) is 19.8. The molecule has 0 bridgehead atoms. The molecule has 0 spiro atoms. The molecule has 3 rings (SSSR count). The van der Waals surface area contributed by atoms with Crippen LogP contribution in [0.5, 0.6) is 0 Å². The third-order valence-corrected chi connectivity index (χ3v) is 4.55. The summed E-state index contributed by atoms with van der Waals surface area (Å²) in [5.41, 5.74) is 0. The highest BCUT2D eigenvalue weighted by atomic mass is 15.1. The van der Waals surface area contributed by atoms with Gasteiger partial charge in [-0.25, -0.2) is 0 Å². The lowest BCUT2D eigenvalue weighted by Gasteiger charge is -2.23. The molecule has 0 amide bonds. The van der Waals surface area contributed by atoms with Gasteiger partial charge in [0.15, 0.2) is 0 Å². The van der Waals surface area contributed by atoms with Gasteiger partial charge in [-0.15, -0.1) is 0 Å². The molecule has 170 valence electrons. The van der Waals surface area contributed by atoms with Gasteiger partial charge < -0.3 is 9.80 Å². The van der Waals surface area contributed by atoms with Crippen molar-refractivity contribution in [3.8, 4) is 0 Å². The Kier molecular flexibility index (Phi) is 23.7. The van der Waals surface area contributed by atoms with Crippen molar-refractivity contribution >= 4 is 0 Å². The van der Waals surface area contributed by atoms with Crippen molar-refractivity contribution in [2.75, 3.05) is 46.8 Å². The van der Waals surface area contributed by atoms with Gasteiger partial charge in [-0.2, -0.15) is 0 Å². The van der Waals surface area contributed by atoms with E-state index in [1.165, 1.54) is 38.8 Å². The normalized spacial score (nSPS) is 18.6. The van der Waals surface area contributed by atoms with E-state index in [-0.39, 0.29) is 0 Å². The Balaban J connectivity index is 0. The van der Waals surface area contributed by atoms with E-state index in [1.807, 2.05) is 27.7 Å². The fourth-order valence-corrected chi connectivity index (χ4v) is 2.78. The second-order valence-corrected chi connectivity index (χ2v) is 7.26. The molecule has 0 aromatic carbocycles. The maximum absolute atomic E-state index is 2.50. The van der Waals surface area contributed by atoms with E-state index in [9.17, 15) is 0 Å². The van der Waals surface area contributed by atoms with Crippen LogP contribution in [0.4, 0.5) is 0 Å². The monoisotopic (exact) mass is 405 g/mol. The van der Waals surface area contributed by atoms with Crippen LogP contribution in [0, 0.1) is 0 Å². The largest absolute Gasteiger partial charge is 0.380 e. The topological polar surface area (TPSA) is 9.72 Å². The van der Waals surface area contributed by atoms with E-state index >= 15 is 0 Å². The first kappa shape index (κ1) is 29.9. The number of likely N-dealkylation sites (N-methyl/N-ethyl adjacent to an activating group) is 1. The molecule has 3 aliphatic rings. The number of hydrogen-bond acceptors (Lipinski definition) is 3. The summed E-state index contributed by atoms with van der Waals surface area (Å²) < 4.78 is 0. The van der Waals surface area contributed by atoms with Crippen molar-refractivity contribution in [2.45, 2.75) is 73.3 Å². The molecule has 3 heterocycles. The smallest absolute Gasteiger partial charge is 0.0203 e. The minimum Gasteiger partial charge on any atom is -0.380 e. The number of allylic oxidation sites excluding steroid dienone is 3. The lowest BCUT2D eigenvalue weighted by atomic mass is 10.3. The molecule has 0 saturated carbocycles. The molecular weight excluding hydrogens is 354 g/mol. The zero-order valence-corrected chi connectivity index (χ0v) is 20.9. The average molecular weight is 406 g/mol. The highest BCUT2D eigenvalue weighted by Crippen LogP contribution is 2.06. The fourth-order valence-electron chi connectivity index (χ4n) is 2.78. The van der Waals surface area contributed by atoms with E-state index in [1.54, 1.807) is 0 Å². The quantitative estimate of drug-likeness (QED) is 0.469. The summed E-state index contributed by atoms with van der Waals surface area (Å²) in [6.45, 7) is 18.5. The van der Waals surface area contributed by atoms with Crippen LogP contribution in [0.2, 0.25) is 0 Å². The van der Waals surface area contributed by atoms with Gasteiger partial charge in [-0.3, -0.25) is 4.90 Å². The summed E-state index contributed by atoms with van der Waals surface area (Å²) in [6, 6.07) is 0.711. The van der Waals surface area contributed by atoms with Crippen LogP contribution < -0.4 is 0 Å². The van der Waals surface area contributed by atoms with Gasteiger partial charge >= 0.3 is 0 Å². The number of hydrogen-bond donors (Lipinski definition) is 0. The molecule has 0 aliphatic carbocycles. The number of nitrogens with zero attached hydrogens (tertiary/aromatic N) is 3. The van der Waals surface area contributed by atoms with Crippen molar-refractivity contribution in [2.24, 2.45) is 0 Å². The molecule has 0 fully saturated rings. The van der Waals surface area contributed by atoms with Crippen molar-refractivity contribution in [3.05, 3.63) is 48.7 Å². The first-order valence-corrected chi connectivity index (χ1v) is 11.9. The molecule has 3 aliphatic heterocycles. The Morgan fingerprint density at radius 2 is 1.28 bits per heavy atom. The first-order valence-electron chi connectivity index (χ1n) is 11.9. The van der Waals surface area contributed by atoms with Crippen LogP contribution in [0.1, 0.15) is 67.2 Å². The minimum atomic E-state index is 0.711.